The second-order valence-corrected chi connectivity index (χ2v) is 7.39. The van der Waals surface area contributed by atoms with Gasteiger partial charge < -0.3 is 28.4 Å². The van der Waals surface area contributed by atoms with E-state index in [0.29, 0.717) is 88.7 Å². The van der Waals surface area contributed by atoms with Gasteiger partial charge in [0.1, 0.15) is 24.7 Å². The van der Waals surface area contributed by atoms with Gasteiger partial charge in [-0.1, -0.05) is 0 Å². The third kappa shape index (κ3) is 12.0. The maximum absolute atomic E-state index is 12.5. The molecule has 0 bridgehead atoms. The Morgan fingerprint density at radius 1 is 0.514 bits per heavy atom. The highest BCUT2D eigenvalue weighted by Crippen LogP contribution is 2.17. The summed E-state index contributed by atoms with van der Waals surface area (Å²) in [7, 11) is 0. The van der Waals surface area contributed by atoms with Crippen LogP contribution >= 0.6 is 0 Å². The molecule has 0 unspecified atom stereocenters. The van der Waals surface area contributed by atoms with Crippen molar-refractivity contribution in [2.24, 2.45) is 0 Å². The number of ketones is 2. The van der Waals surface area contributed by atoms with E-state index in [-0.39, 0.29) is 18.0 Å². The van der Waals surface area contributed by atoms with Gasteiger partial charge in [-0.2, -0.15) is 0 Å². The van der Waals surface area contributed by atoms with Gasteiger partial charge in [0.05, 0.1) is 46.1 Å². The van der Waals surface area contributed by atoms with Crippen molar-refractivity contribution in [1.82, 2.24) is 0 Å². The van der Waals surface area contributed by atoms with E-state index in [1.165, 1.54) is 0 Å². The average molecular weight is 489 g/mol. The summed E-state index contributed by atoms with van der Waals surface area (Å²) in [5.41, 5.74) is 0.922. The molecule has 8 nitrogen and oxygen atoms in total. The quantitative estimate of drug-likeness (QED) is 0.157. The number of Topliss-reactive ketones (excluding diaryl/α,β-unsaturated/α-hetero) is 2. The fourth-order valence-electron chi connectivity index (χ4n) is 2.99. The van der Waals surface area contributed by atoms with E-state index >= 15 is 0 Å². The molecule has 0 heterocycles. The van der Waals surface area contributed by atoms with Gasteiger partial charge in [0, 0.05) is 24.3 Å². The van der Waals surface area contributed by atoms with Crippen molar-refractivity contribution in [2.45, 2.75) is 20.3 Å². The first-order chi connectivity index (χ1) is 17.1. The lowest BCUT2D eigenvalue weighted by atomic mass is 10.0. The summed E-state index contributed by atoms with van der Waals surface area (Å²) in [6, 6.07) is 13.5. The molecule has 2 aromatic rings. The zero-order valence-corrected chi connectivity index (χ0v) is 20.7. The molecule has 0 aromatic heterocycles. The van der Waals surface area contributed by atoms with Gasteiger partial charge >= 0.3 is 0 Å². The minimum absolute atomic E-state index is 0.207. The third-order valence-electron chi connectivity index (χ3n) is 4.82. The van der Waals surface area contributed by atoms with Gasteiger partial charge in [-0.15, -0.1) is 0 Å². The summed E-state index contributed by atoms with van der Waals surface area (Å²) >= 11 is 0. The number of benzene rings is 2. The van der Waals surface area contributed by atoms with Crippen LogP contribution in [-0.4, -0.2) is 77.6 Å². The largest absolute Gasteiger partial charge is 0.491 e. The molecule has 8 heteroatoms. The molecule has 2 aromatic carbocycles. The zero-order valence-electron chi connectivity index (χ0n) is 20.7. The van der Waals surface area contributed by atoms with Gasteiger partial charge in [-0.05, 0) is 62.4 Å². The van der Waals surface area contributed by atoms with Crippen LogP contribution < -0.4 is 9.47 Å². The average Bonchev–Trinajstić information content (AvgIpc) is 2.88. The van der Waals surface area contributed by atoms with Crippen molar-refractivity contribution in [2.75, 3.05) is 66.1 Å². The fourth-order valence-corrected chi connectivity index (χ4v) is 2.99. The van der Waals surface area contributed by atoms with E-state index in [1.54, 1.807) is 48.5 Å². The molecule has 192 valence electrons. The van der Waals surface area contributed by atoms with Crippen molar-refractivity contribution in [3.05, 3.63) is 59.7 Å². The van der Waals surface area contributed by atoms with Crippen LogP contribution in [0.3, 0.4) is 0 Å². The van der Waals surface area contributed by atoms with E-state index in [2.05, 4.69) is 0 Å². The van der Waals surface area contributed by atoms with Crippen molar-refractivity contribution in [1.29, 1.82) is 0 Å². The van der Waals surface area contributed by atoms with Crippen LogP contribution in [0.15, 0.2) is 48.5 Å². The second-order valence-electron chi connectivity index (χ2n) is 7.39. The van der Waals surface area contributed by atoms with Gasteiger partial charge in [-0.3, -0.25) is 9.59 Å². The van der Waals surface area contributed by atoms with Crippen LogP contribution in [0.25, 0.3) is 0 Å². The van der Waals surface area contributed by atoms with Gasteiger partial charge in [0.25, 0.3) is 0 Å². The number of rotatable bonds is 20. The maximum Gasteiger partial charge on any atom is 0.170 e. The van der Waals surface area contributed by atoms with E-state index in [1.807, 2.05) is 13.8 Å². The van der Waals surface area contributed by atoms with Crippen LogP contribution in [0.1, 0.15) is 41.0 Å². The third-order valence-corrected chi connectivity index (χ3v) is 4.82. The van der Waals surface area contributed by atoms with Crippen molar-refractivity contribution in [3.63, 3.8) is 0 Å². The Morgan fingerprint density at radius 2 is 0.857 bits per heavy atom. The molecule has 0 saturated carbocycles. The molecule has 0 spiro atoms. The number of carbonyl (C=O) groups is 2. The first kappa shape index (κ1) is 28.5. The van der Waals surface area contributed by atoms with Crippen molar-refractivity contribution < 1.29 is 38.0 Å². The monoisotopic (exact) mass is 488 g/mol. The topological polar surface area (TPSA) is 89.5 Å². The van der Waals surface area contributed by atoms with Gasteiger partial charge in [-0.25, -0.2) is 0 Å². The summed E-state index contributed by atoms with van der Waals surface area (Å²) in [6.07, 6.45) is -0.207. The van der Waals surface area contributed by atoms with Gasteiger partial charge in [0.2, 0.25) is 0 Å². The van der Waals surface area contributed by atoms with Crippen molar-refractivity contribution in [3.8, 4) is 11.5 Å². The fraction of sp³-hybridized carbons (Fsp3) is 0.481. The molecule has 0 N–H and O–H groups in total. The van der Waals surface area contributed by atoms with Gasteiger partial charge in [0.15, 0.2) is 11.6 Å². The van der Waals surface area contributed by atoms with Crippen LogP contribution in [0.5, 0.6) is 11.5 Å². The lowest BCUT2D eigenvalue weighted by molar-refractivity contribution is 0.0405. The Morgan fingerprint density at radius 3 is 1.23 bits per heavy atom. The lowest BCUT2D eigenvalue weighted by Gasteiger charge is -2.09. The number of ether oxygens (including phenoxy) is 6. The smallest absolute Gasteiger partial charge is 0.170 e. The summed E-state index contributed by atoms with van der Waals surface area (Å²) in [5.74, 6) is 0.781. The summed E-state index contributed by atoms with van der Waals surface area (Å²) in [5, 5.41) is 0. The normalized spacial score (nSPS) is 10.8. The highest BCUT2D eigenvalue weighted by Gasteiger charge is 2.14. The first-order valence-electron chi connectivity index (χ1n) is 12.0. The molecular formula is C27H36O8. The van der Waals surface area contributed by atoms with Crippen LogP contribution in [0.2, 0.25) is 0 Å². The second kappa shape index (κ2) is 17.6. The Bertz CT molecular complexity index is 777. The van der Waals surface area contributed by atoms with E-state index in [0.717, 1.165) is 0 Å². The minimum Gasteiger partial charge on any atom is -0.491 e. The molecular weight excluding hydrogens is 452 g/mol. The number of hydrogen-bond acceptors (Lipinski definition) is 8. The summed E-state index contributed by atoms with van der Waals surface area (Å²) in [4.78, 5) is 25.0. The predicted octanol–water partition coefficient (Wildman–Crippen LogP) is 4.01. The minimum atomic E-state index is -0.245. The molecule has 0 saturated heterocycles. The lowest BCUT2D eigenvalue weighted by Crippen LogP contribution is -2.11. The summed E-state index contributed by atoms with van der Waals surface area (Å²) < 4.78 is 32.4. The SMILES string of the molecule is CCOCCOCCOc1ccc(C(=O)CC(=O)c2ccc(OCCOCCOCC)cc2)cc1. The highest BCUT2D eigenvalue weighted by atomic mass is 16.5. The summed E-state index contributed by atoms with van der Waals surface area (Å²) in [6.45, 7) is 9.11. The maximum atomic E-state index is 12.5. The van der Waals surface area contributed by atoms with Crippen LogP contribution in [0, 0.1) is 0 Å². The Kier molecular flexibility index (Phi) is 14.3. The van der Waals surface area contributed by atoms with E-state index < -0.39 is 0 Å². The standard InChI is InChI=1S/C27H36O8/c1-3-30-13-15-32-17-19-34-24-9-5-22(6-10-24)26(28)21-27(29)23-7-11-25(12-8-23)35-20-18-33-16-14-31-4-2/h5-12H,3-4,13-21H2,1-2H3. The highest BCUT2D eigenvalue weighted by molar-refractivity contribution is 6.13. The zero-order chi connectivity index (χ0) is 25.1. The number of carbonyl (C=O) groups excluding carboxylic acids is 2. The molecule has 2 rings (SSSR count). The molecule has 0 aliphatic carbocycles. The van der Waals surface area contributed by atoms with E-state index in [4.69, 9.17) is 28.4 Å². The molecule has 0 radical (unpaired) electrons. The van der Waals surface area contributed by atoms with E-state index in [9.17, 15) is 9.59 Å². The Hall–Kier alpha value is -2.78. The molecule has 0 aliphatic rings. The molecule has 0 aliphatic heterocycles. The Labute approximate surface area is 207 Å². The Balaban J connectivity index is 1.68. The van der Waals surface area contributed by atoms with Crippen molar-refractivity contribution >= 4 is 11.6 Å². The number of hydrogen-bond donors (Lipinski definition) is 0. The molecule has 0 atom stereocenters. The van der Waals surface area contributed by atoms with Crippen LogP contribution in [0.4, 0.5) is 0 Å². The molecule has 0 amide bonds. The molecule has 0 fully saturated rings. The molecule has 35 heavy (non-hydrogen) atoms. The van der Waals surface area contributed by atoms with Crippen LogP contribution in [-0.2, 0) is 18.9 Å². The predicted molar refractivity (Wildman–Crippen MR) is 132 cm³/mol. The first-order valence-corrected chi connectivity index (χ1v) is 12.0.